The Bertz CT molecular complexity index is 278. The predicted octanol–water partition coefficient (Wildman–Crippen LogP) is 2.94. The minimum atomic E-state index is -0.171. The van der Waals surface area contributed by atoms with Crippen molar-refractivity contribution in [3.8, 4) is 0 Å². The summed E-state index contributed by atoms with van der Waals surface area (Å²) in [5, 5.41) is 9.66. The first-order valence-corrected chi connectivity index (χ1v) is 5.33. The largest absolute Gasteiger partial charge is 0.393 e. The van der Waals surface area contributed by atoms with Crippen LogP contribution in [0.4, 0.5) is 0 Å². The number of aryl methyl sites for hydroxylation is 2. The van der Waals surface area contributed by atoms with Crippen molar-refractivity contribution >= 4 is 0 Å². The molecule has 14 heavy (non-hydrogen) atoms. The summed E-state index contributed by atoms with van der Waals surface area (Å²) in [4.78, 5) is 0. The van der Waals surface area contributed by atoms with Crippen LogP contribution < -0.4 is 0 Å². The van der Waals surface area contributed by atoms with E-state index in [1.165, 1.54) is 11.1 Å². The maximum absolute atomic E-state index is 9.66. The van der Waals surface area contributed by atoms with Gasteiger partial charge in [-0.2, -0.15) is 0 Å². The van der Waals surface area contributed by atoms with Crippen LogP contribution in [0.2, 0.25) is 0 Å². The second kappa shape index (κ2) is 5.16. The van der Waals surface area contributed by atoms with Gasteiger partial charge in [-0.15, -0.1) is 0 Å². The third kappa shape index (κ3) is 3.51. The molecule has 0 bridgehead atoms. The van der Waals surface area contributed by atoms with Crippen molar-refractivity contribution in [1.82, 2.24) is 0 Å². The van der Waals surface area contributed by atoms with Crippen LogP contribution in [-0.4, -0.2) is 11.2 Å². The third-order valence-electron chi connectivity index (χ3n) is 2.58. The van der Waals surface area contributed by atoms with Gasteiger partial charge in [0.15, 0.2) is 0 Å². The van der Waals surface area contributed by atoms with E-state index < -0.39 is 0 Å². The van der Waals surface area contributed by atoms with E-state index in [-0.39, 0.29) is 6.10 Å². The molecule has 0 radical (unpaired) electrons. The molecule has 78 valence electrons. The number of hydrogen-bond donors (Lipinski definition) is 1. The van der Waals surface area contributed by atoms with E-state index in [4.69, 9.17) is 0 Å². The predicted molar refractivity (Wildman–Crippen MR) is 60.3 cm³/mol. The van der Waals surface area contributed by atoms with Crippen molar-refractivity contribution in [3.05, 3.63) is 35.4 Å². The van der Waals surface area contributed by atoms with Crippen LogP contribution in [0.15, 0.2) is 24.3 Å². The molecular weight excluding hydrogens is 172 g/mol. The average molecular weight is 192 g/mol. The minimum absolute atomic E-state index is 0.171. The molecule has 0 spiro atoms. The first-order chi connectivity index (χ1) is 6.59. The van der Waals surface area contributed by atoms with Gasteiger partial charge in [-0.3, -0.25) is 0 Å². The van der Waals surface area contributed by atoms with Crippen LogP contribution >= 0.6 is 0 Å². The van der Waals surface area contributed by atoms with Gasteiger partial charge < -0.3 is 5.11 Å². The highest BCUT2D eigenvalue weighted by atomic mass is 16.3. The van der Waals surface area contributed by atoms with Gasteiger partial charge in [0.25, 0.3) is 0 Å². The molecule has 1 aromatic rings. The van der Waals surface area contributed by atoms with E-state index in [2.05, 4.69) is 45.0 Å². The molecule has 0 saturated heterocycles. The van der Waals surface area contributed by atoms with Gasteiger partial charge in [-0.25, -0.2) is 0 Å². The summed E-state index contributed by atoms with van der Waals surface area (Å²) < 4.78 is 0. The Morgan fingerprint density at radius 3 is 2.57 bits per heavy atom. The van der Waals surface area contributed by atoms with Gasteiger partial charge in [0, 0.05) is 0 Å². The first kappa shape index (κ1) is 11.3. The Morgan fingerprint density at radius 2 is 2.00 bits per heavy atom. The van der Waals surface area contributed by atoms with Crippen molar-refractivity contribution in [2.24, 2.45) is 5.92 Å². The average Bonchev–Trinajstić information content (AvgIpc) is 2.14. The summed E-state index contributed by atoms with van der Waals surface area (Å²) >= 11 is 0. The van der Waals surface area contributed by atoms with E-state index in [0.29, 0.717) is 5.92 Å². The fraction of sp³-hybridized carbons (Fsp3) is 0.538. The third-order valence-corrected chi connectivity index (χ3v) is 2.58. The highest BCUT2D eigenvalue weighted by molar-refractivity contribution is 5.22. The summed E-state index contributed by atoms with van der Waals surface area (Å²) in [6.07, 6.45) is 1.66. The monoisotopic (exact) mass is 192 g/mol. The SMILES string of the molecule is Cc1cccc(CCC(O)C(C)C)c1. The number of rotatable bonds is 4. The first-order valence-electron chi connectivity index (χ1n) is 5.33. The van der Waals surface area contributed by atoms with E-state index in [9.17, 15) is 5.11 Å². The van der Waals surface area contributed by atoms with Gasteiger partial charge in [0.05, 0.1) is 6.10 Å². The molecule has 1 unspecified atom stereocenters. The van der Waals surface area contributed by atoms with Crippen molar-refractivity contribution in [2.45, 2.75) is 39.7 Å². The Labute approximate surface area is 86.8 Å². The Morgan fingerprint density at radius 1 is 1.29 bits per heavy atom. The molecule has 0 amide bonds. The summed E-state index contributed by atoms with van der Waals surface area (Å²) in [5.74, 6) is 0.361. The smallest absolute Gasteiger partial charge is 0.0566 e. The van der Waals surface area contributed by atoms with Crippen LogP contribution in [0.5, 0.6) is 0 Å². The van der Waals surface area contributed by atoms with Crippen LogP contribution in [0.3, 0.4) is 0 Å². The molecule has 0 aromatic heterocycles. The second-order valence-corrected chi connectivity index (χ2v) is 4.34. The standard InChI is InChI=1S/C13H20O/c1-10(2)13(14)8-7-12-6-4-5-11(3)9-12/h4-6,9-10,13-14H,7-8H2,1-3H3. The Balaban J connectivity index is 2.45. The lowest BCUT2D eigenvalue weighted by molar-refractivity contribution is 0.116. The summed E-state index contributed by atoms with van der Waals surface area (Å²) in [5.41, 5.74) is 2.62. The molecule has 0 heterocycles. The normalized spacial score (nSPS) is 13.2. The summed E-state index contributed by atoms with van der Waals surface area (Å²) in [6.45, 7) is 6.21. The van der Waals surface area contributed by atoms with Gasteiger partial charge >= 0.3 is 0 Å². The minimum Gasteiger partial charge on any atom is -0.393 e. The van der Waals surface area contributed by atoms with Gasteiger partial charge in [0.1, 0.15) is 0 Å². The zero-order valence-corrected chi connectivity index (χ0v) is 9.33. The molecular formula is C13H20O. The van der Waals surface area contributed by atoms with E-state index in [1.54, 1.807) is 0 Å². The lowest BCUT2D eigenvalue weighted by atomic mass is 9.99. The molecule has 1 N–H and O–H groups in total. The molecule has 1 rings (SSSR count). The van der Waals surface area contributed by atoms with Crippen LogP contribution in [-0.2, 0) is 6.42 Å². The van der Waals surface area contributed by atoms with Gasteiger partial charge in [-0.05, 0) is 31.2 Å². The molecule has 0 aliphatic carbocycles. The molecule has 1 nitrogen and oxygen atoms in total. The van der Waals surface area contributed by atoms with Crippen molar-refractivity contribution in [3.63, 3.8) is 0 Å². The fourth-order valence-corrected chi connectivity index (χ4v) is 1.52. The molecule has 1 aromatic carbocycles. The lowest BCUT2D eigenvalue weighted by Gasteiger charge is -2.13. The zero-order valence-electron chi connectivity index (χ0n) is 9.33. The van der Waals surface area contributed by atoms with E-state index in [1.807, 2.05) is 0 Å². The number of aliphatic hydroxyl groups excluding tert-OH is 1. The van der Waals surface area contributed by atoms with Gasteiger partial charge in [0.2, 0.25) is 0 Å². The molecule has 0 saturated carbocycles. The van der Waals surface area contributed by atoms with Crippen LogP contribution in [0, 0.1) is 12.8 Å². The van der Waals surface area contributed by atoms with Crippen LogP contribution in [0.1, 0.15) is 31.4 Å². The summed E-state index contributed by atoms with van der Waals surface area (Å²) in [7, 11) is 0. The quantitative estimate of drug-likeness (QED) is 0.777. The van der Waals surface area contributed by atoms with Crippen LogP contribution in [0.25, 0.3) is 0 Å². The van der Waals surface area contributed by atoms with Crippen molar-refractivity contribution in [2.75, 3.05) is 0 Å². The highest BCUT2D eigenvalue weighted by Crippen LogP contribution is 2.11. The molecule has 0 aliphatic heterocycles. The van der Waals surface area contributed by atoms with Crippen molar-refractivity contribution in [1.29, 1.82) is 0 Å². The fourth-order valence-electron chi connectivity index (χ4n) is 1.52. The topological polar surface area (TPSA) is 20.2 Å². The molecule has 1 heteroatoms. The number of hydrogen-bond acceptors (Lipinski definition) is 1. The van der Waals surface area contributed by atoms with E-state index >= 15 is 0 Å². The maximum Gasteiger partial charge on any atom is 0.0566 e. The second-order valence-electron chi connectivity index (χ2n) is 4.34. The zero-order chi connectivity index (χ0) is 10.6. The molecule has 0 aliphatic rings. The molecule has 0 fully saturated rings. The number of benzene rings is 1. The lowest BCUT2D eigenvalue weighted by Crippen LogP contribution is -2.15. The number of aliphatic hydroxyl groups is 1. The Kier molecular flexibility index (Phi) is 4.15. The van der Waals surface area contributed by atoms with E-state index in [0.717, 1.165) is 12.8 Å². The summed E-state index contributed by atoms with van der Waals surface area (Å²) in [6, 6.07) is 8.49. The van der Waals surface area contributed by atoms with Gasteiger partial charge in [-0.1, -0.05) is 43.7 Å². The maximum atomic E-state index is 9.66. The Hall–Kier alpha value is -0.820. The van der Waals surface area contributed by atoms with Crippen molar-refractivity contribution < 1.29 is 5.11 Å². The highest BCUT2D eigenvalue weighted by Gasteiger charge is 2.08. The molecule has 1 atom stereocenters.